The van der Waals surface area contributed by atoms with Crippen LogP contribution in [0.3, 0.4) is 0 Å². The summed E-state index contributed by atoms with van der Waals surface area (Å²) < 4.78 is 27.4. The molecule has 144 valence electrons. The van der Waals surface area contributed by atoms with Gasteiger partial charge in [0.05, 0.1) is 18.0 Å². The third kappa shape index (κ3) is 6.21. The Morgan fingerprint density at radius 3 is 2.46 bits per heavy atom. The second-order valence-corrected chi connectivity index (χ2v) is 7.09. The Balaban J connectivity index is 0.00000338. The maximum absolute atomic E-state index is 11.7. The summed E-state index contributed by atoms with van der Waals surface area (Å²) in [5.41, 5.74) is 0.908. The standard InChI is InChI=1S/C15H23N7O2S.HI/c1-4-17-15(19-10-14-20-11-21-22(14)3)18-9-12-5-7-13(8-6-12)25(23,24)16-2;/h5-8,11,16H,4,9-10H2,1-3H3,(H2,17,18,19);1H. The number of halogens is 1. The fraction of sp³-hybridized carbons (Fsp3) is 0.400. The number of nitrogens with one attached hydrogen (secondary N) is 3. The molecule has 11 heteroatoms. The summed E-state index contributed by atoms with van der Waals surface area (Å²) in [5, 5.41) is 10.4. The molecule has 0 aliphatic rings. The molecular formula is C15H24IN7O2S. The molecule has 2 rings (SSSR count). The largest absolute Gasteiger partial charge is 0.357 e. The van der Waals surface area contributed by atoms with Gasteiger partial charge in [-0.3, -0.25) is 4.68 Å². The van der Waals surface area contributed by atoms with Crippen molar-refractivity contribution in [2.45, 2.75) is 24.9 Å². The van der Waals surface area contributed by atoms with Gasteiger partial charge in [-0.15, -0.1) is 24.0 Å². The Morgan fingerprint density at radius 1 is 1.23 bits per heavy atom. The molecule has 0 unspecified atom stereocenters. The number of guanidine groups is 1. The molecule has 2 aromatic rings. The first kappa shape index (κ1) is 22.3. The molecule has 1 heterocycles. The lowest BCUT2D eigenvalue weighted by Gasteiger charge is -2.11. The van der Waals surface area contributed by atoms with E-state index in [1.54, 1.807) is 28.9 Å². The summed E-state index contributed by atoms with van der Waals surface area (Å²) >= 11 is 0. The molecular weight excluding hydrogens is 469 g/mol. The lowest BCUT2D eigenvalue weighted by Crippen LogP contribution is -2.37. The third-order valence-corrected chi connectivity index (χ3v) is 4.92. The van der Waals surface area contributed by atoms with Crippen LogP contribution in [-0.4, -0.2) is 42.7 Å². The summed E-state index contributed by atoms with van der Waals surface area (Å²) in [5.74, 6) is 1.45. The first-order valence-electron chi connectivity index (χ1n) is 7.83. The maximum Gasteiger partial charge on any atom is 0.240 e. The van der Waals surface area contributed by atoms with Crippen molar-refractivity contribution in [2.75, 3.05) is 13.6 Å². The van der Waals surface area contributed by atoms with Crippen molar-refractivity contribution in [3.63, 3.8) is 0 Å². The molecule has 0 aliphatic heterocycles. The van der Waals surface area contributed by atoms with Crippen LogP contribution in [0.2, 0.25) is 0 Å². The number of benzene rings is 1. The second-order valence-electron chi connectivity index (χ2n) is 5.20. The van der Waals surface area contributed by atoms with Gasteiger partial charge in [0.1, 0.15) is 12.2 Å². The van der Waals surface area contributed by atoms with Gasteiger partial charge < -0.3 is 10.6 Å². The summed E-state index contributed by atoms with van der Waals surface area (Å²) in [7, 11) is -0.202. The van der Waals surface area contributed by atoms with E-state index < -0.39 is 10.0 Å². The Kier molecular flexibility index (Phi) is 8.95. The Labute approximate surface area is 170 Å². The number of sulfonamides is 1. The number of rotatable bonds is 7. The fourth-order valence-electron chi connectivity index (χ4n) is 2.05. The van der Waals surface area contributed by atoms with Gasteiger partial charge in [0, 0.05) is 13.6 Å². The first-order valence-corrected chi connectivity index (χ1v) is 9.32. The Bertz CT molecular complexity index is 819. The van der Waals surface area contributed by atoms with E-state index in [2.05, 4.69) is 30.4 Å². The SMILES string of the molecule is CCNC(=NCc1ccc(S(=O)(=O)NC)cc1)NCc1ncnn1C.I. The van der Waals surface area contributed by atoms with Crippen molar-refractivity contribution < 1.29 is 8.42 Å². The van der Waals surface area contributed by atoms with E-state index in [0.29, 0.717) is 19.0 Å². The van der Waals surface area contributed by atoms with Crippen molar-refractivity contribution in [2.24, 2.45) is 12.0 Å². The van der Waals surface area contributed by atoms with Crippen LogP contribution in [0.15, 0.2) is 40.5 Å². The smallest absolute Gasteiger partial charge is 0.240 e. The summed E-state index contributed by atoms with van der Waals surface area (Å²) in [6, 6.07) is 6.63. The maximum atomic E-state index is 11.7. The lowest BCUT2D eigenvalue weighted by atomic mass is 10.2. The molecule has 0 bridgehead atoms. The van der Waals surface area contributed by atoms with E-state index in [9.17, 15) is 8.42 Å². The van der Waals surface area contributed by atoms with Crippen molar-refractivity contribution in [3.05, 3.63) is 42.0 Å². The molecule has 26 heavy (non-hydrogen) atoms. The van der Waals surface area contributed by atoms with E-state index in [-0.39, 0.29) is 28.9 Å². The van der Waals surface area contributed by atoms with Gasteiger partial charge in [-0.25, -0.2) is 23.1 Å². The number of aliphatic imine (C=N–C) groups is 1. The highest BCUT2D eigenvalue weighted by atomic mass is 127. The zero-order chi connectivity index (χ0) is 18.3. The summed E-state index contributed by atoms with van der Waals surface area (Å²) in [6.45, 7) is 3.64. The van der Waals surface area contributed by atoms with E-state index in [0.717, 1.165) is 17.9 Å². The summed E-state index contributed by atoms with van der Waals surface area (Å²) in [6.07, 6.45) is 1.50. The van der Waals surface area contributed by atoms with Crippen LogP contribution < -0.4 is 15.4 Å². The predicted molar refractivity (Wildman–Crippen MR) is 111 cm³/mol. The highest BCUT2D eigenvalue weighted by Crippen LogP contribution is 2.10. The molecule has 3 N–H and O–H groups in total. The van der Waals surface area contributed by atoms with Crippen LogP contribution in [0.1, 0.15) is 18.3 Å². The van der Waals surface area contributed by atoms with Crippen LogP contribution in [0.25, 0.3) is 0 Å². The molecule has 0 spiro atoms. The first-order chi connectivity index (χ1) is 12.0. The normalized spacial score (nSPS) is 11.7. The molecule has 0 fully saturated rings. The van der Waals surface area contributed by atoms with Gasteiger partial charge in [-0.1, -0.05) is 12.1 Å². The van der Waals surface area contributed by atoms with E-state index in [1.165, 1.54) is 13.4 Å². The van der Waals surface area contributed by atoms with Gasteiger partial charge in [-0.05, 0) is 31.7 Å². The van der Waals surface area contributed by atoms with Crippen LogP contribution in [0.5, 0.6) is 0 Å². The molecule has 0 amide bonds. The molecule has 0 atom stereocenters. The van der Waals surface area contributed by atoms with E-state index in [4.69, 9.17) is 0 Å². The van der Waals surface area contributed by atoms with Gasteiger partial charge >= 0.3 is 0 Å². The van der Waals surface area contributed by atoms with Gasteiger partial charge in [0.25, 0.3) is 0 Å². The van der Waals surface area contributed by atoms with Crippen LogP contribution in [0.4, 0.5) is 0 Å². The Hall–Kier alpha value is -1.73. The van der Waals surface area contributed by atoms with Gasteiger partial charge in [-0.2, -0.15) is 5.10 Å². The number of aryl methyl sites for hydroxylation is 1. The highest BCUT2D eigenvalue weighted by Gasteiger charge is 2.10. The quantitative estimate of drug-likeness (QED) is 0.296. The average Bonchev–Trinajstić information content (AvgIpc) is 3.02. The minimum atomic E-state index is -3.42. The van der Waals surface area contributed by atoms with Crippen molar-refractivity contribution in [1.29, 1.82) is 0 Å². The van der Waals surface area contributed by atoms with Crippen molar-refractivity contribution in [1.82, 2.24) is 30.1 Å². The fourth-order valence-corrected chi connectivity index (χ4v) is 2.78. The van der Waals surface area contributed by atoms with Crippen molar-refractivity contribution >= 4 is 40.0 Å². The Morgan fingerprint density at radius 2 is 1.92 bits per heavy atom. The molecule has 0 saturated heterocycles. The van der Waals surface area contributed by atoms with E-state index in [1.807, 2.05) is 14.0 Å². The van der Waals surface area contributed by atoms with Crippen molar-refractivity contribution in [3.8, 4) is 0 Å². The molecule has 0 radical (unpaired) electrons. The van der Waals surface area contributed by atoms with Crippen LogP contribution in [0, 0.1) is 0 Å². The topological polar surface area (TPSA) is 113 Å². The molecule has 1 aromatic carbocycles. The number of nitrogens with zero attached hydrogens (tertiary/aromatic N) is 4. The van der Waals surface area contributed by atoms with Crippen LogP contribution >= 0.6 is 24.0 Å². The van der Waals surface area contributed by atoms with Gasteiger partial charge in [0.2, 0.25) is 10.0 Å². The van der Waals surface area contributed by atoms with Gasteiger partial charge in [0.15, 0.2) is 5.96 Å². The zero-order valence-electron chi connectivity index (χ0n) is 14.9. The molecule has 9 nitrogen and oxygen atoms in total. The second kappa shape index (κ2) is 10.4. The molecule has 1 aromatic heterocycles. The minimum absolute atomic E-state index is 0. The minimum Gasteiger partial charge on any atom is -0.357 e. The number of hydrogen-bond donors (Lipinski definition) is 3. The lowest BCUT2D eigenvalue weighted by molar-refractivity contribution is 0.588. The zero-order valence-corrected chi connectivity index (χ0v) is 18.1. The number of aromatic nitrogens is 3. The third-order valence-electron chi connectivity index (χ3n) is 3.49. The number of hydrogen-bond acceptors (Lipinski definition) is 5. The monoisotopic (exact) mass is 493 g/mol. The summed E-state index contributed by atoms with van der Waals surface area (Å²) in [4.78, 5) is 8.88. The van der Waals surface area contributed by atoms with Crippen LogP contribution in [-0.2, 0) is 30.2 Å². The highest BCUT2D eigenvalue weighted by molar-refractivity contribution is 14.0. The molecule has 0 aliphatic carbocycles. The average molecular weight is 493 g/mol. The predicted octanol–water partition coefficient (Wildman–Crippen LogP) is 0.596. The molecule has 0 saturated carbocycles. The van der Waals surface area contributed by atoms with E-state index >= 15 is 0 Å².